The summed E-state index contributed by atoms with van der Waals surface area (Å²) in [7, 11) is 0. The Labute approximate surface area is 133 Å². The molecule has 0 saturated heterocycles. The smallest absolute Gasteiger partial charge is 0.139 e. The van der Waals surface area contributed by atoms with Crippen LogP contribution in [0, 0.1) is 0 Å². The Bertz CT molecular complexity index is 627. The van der Waals surface area contributed by atoms with Crippen molar-refractivity contribution in [3.63, 3.8) is 0 Å². The van der Waals surface area contributed by atoms with Gasteiger partial charge in [-0.15, -0.1) is 0 Å². The number of anilines is 1. The minimum absolute atomic E-state index is 0.00648. The summed E-state index contributed by atoms with van der Waals surface area (Å²) in [6.07, 6.45) is 0.860. The molecule has 0 aliphatic carbocycles. The number of fused-ring (bicyclic) bond motifs is 1. The highest BCUT2D eigenvalue weighted by molar-refractivity contribution is 9.10. The van der Waals surface area contributed by atoms with Gasteiger partial charge in [-0.3, -0.25) is 0 Å². The van der Waals surface area contributed by atoms with E-state index in [2.05, 4.69) is 33.4 Å². The largest absolute Gasteiger partial charge is 0.506 e. The fourth-order valence-electron chi connectivity index (χ4n) is 2.83. The SMILES string of the molecule is CCO[C@@H]1C[C@H](c2ccc(Br)cc2)Nc2c(O)cccc21. The number of para-hydroxylation sites is 1. The molecule has 1 heterocycles. The van der Waals surface area contributed by atoms with Crippen LogP contribution in [0.3, 0.4) is 0 Å². The van der Waals surface area contributed by atoms with Crippen molar-refractivity contribution in [1.29, 1.82) is 0 Å². The lowest BCUT2D eigenvalue weighted by Gasteiger charge is -2.33. The maximum Gasteiger partial charge on any atom is 0.139 e. The summed E-state index contributed by atoms with van der Waals surface area (Å²) in [6, 6.07) is 14.0. The first-order valence-electron chi connectivity index (χ1n) is 7.14. The number of phenolic OH excluding ortho intramolecular Hbond substituents is 1. The second kappa shape index (κ2) is 6.08. The Morgan fingerprint density at radius 2 is 2.00 bits per heavy atom. The highest BCUT2D eigenvalue weighted by atomic mass is 79.9. The molecule has 3 rings (SSSR count). The number of aromatic hydroxyl groups is 1. The molecular weight excluding hydrogens is 330 g/mol. The molecule has 0 aromatic heterocycles. The molecule has 0 unspecified atom stereocenters. The van der Waals surface area contributed by atoms with Crippen LogP contribution in [-0.4, -0.2) is 11.7 Å². The summed E-state index contributed by atoms with van der Waals surface area (Å²) >= 11 is 3.46. The van der Waals surface area contributed by atoms with Crippen molar-refractivity contribution in [2.75, 3.05) is 11.9 Å². The standard InChI is InChI=1S/C17H18BrNO2/c1-2-21-16-10-14(11-6-8-12(18)9-7-11)19-17-13(16)4-3-5-15(17)20/h3-9,14,16,19-20H,2,10H2,1H3/t14-,16-/m1/s1. The van der Waals surface area contributed by atoms with Crippen molar-refractivity contribution in [3.8, 4) is 5.75 Å². The number of benzene rings is 2. The fourth-order valence-corrected chi connectivity index (χ4v) is 3.10. The maximum absolute atomic E-state index is 10.1. The molecular formula is C17H18BrNO2. The number of hydrogen-bond donors (Lipinski definition) is 2. The van der Waals surface area contributed by atoms with Crippen LogP contribution in [0.4, 0.5) is 5.69 Å². The van der Waals surface area contributed by atoms with Crippen LogP contribution in [0.25, 0.3) is 0 Å². The van der Waals surface area contributed by atoms with Crippen molar-refractivity contribution in [3.05, 3.63) is 58.1 Å². The number of ether oxygens (including phenoxy) is 1. The molecule has 2 atom stereocenters. The predicted octanol–water partition coefficient (Wildman–Crippen LogP) is 4.79. The second-order valence-corrected chi connectivity index (χ2v) is 6.09. The zero-order valence-corrected chi connectivity index (χ0v) is 13.4. The van der Waals surface area contributed by atoms with Crippen LogP contribution < -0.4 is 5.32 Å². The van der Waals surface area contributed by atoms with Crippen LogP contribution in [0.15, 0.2) is 46.9 Å². The van der Waals surface area contributed by atoms with Gasteiger partial charge in [-0.2, -0.15) is 0 Å². The van der Waals surface area contributed by atoms with E-state index in [1.807, 2.05) is 31.2 Å². The van der Waals surface area contributed by atoms with E-state index in [0.29, 0.717) is 6.61 Å². The normalized spacial score (nSPS) is 20.7. The third-order valence-corrected chi connectivity index (χ3v) is 4.36. The summed E-state index contributed by atoms with van der Waals surface area (Å²) < 4.78 is 6.94. The molecule has 110 valence electrons. The molecule has 3 nitrogen and oxygen atoms in total. The Balaban J connectivity index is 1.96. The Morgan fingerprint density at radius 1 is 1.24 bits per heavy atom. The molecule has 1 aliphatic rings. The van der Waals surface area contributed by atoms with E-state index in [-0.39, 0.29) is 17.9 Å². The zero-order chi connectivity index (χ0) is 14.8. The summed E-state index contributed by atoms with van der Waals surface area (Å²) in [6.45, 7) is 2.66. The molecule has 0 saturated carbocycles. The van der Waals surface area contributed by atoms with Crippen LogP contribution in [0.5, 0.6) is 5.75 Å². The van der Waals surface area contributed by atoms with Crippen LogP contribution in [0.2, 0.25) is 0 Å². The summed E-state index contributed by atoms with van der Waals surface area (Å²) in [5.74, 6) is 0.277. The van der Waals surface area contributed by atoms with Gasteiger partial charge in [0.15, 0.2) is 0 Å². The summed E-state index contributed by atoms with van der Waals surface area (Å²) in [5, 5.41) is 13.6. The molecule has 0 radical (unpaired) electrons. The molecule has 0 spiro atoms. The lowest BCUT2D eigenvalue weighted by atomic mass is 9.91. The number of nitrogens with one attached hydrogen (secondary N) is 1. The average molecular weight is 348 g/mol. The van der Waals surface area contributed by atoms with Gasteiger partial charge in [-0.25, -0.2) is 0 Å². The van der Waals surface area contributed by atoms with Gasteiger partial charge in [-0.1, -0.05) is 40.2 Å². The van der Waals surface area contributed by atoms with E-state index in [4.69, 9.17) is 4.74 Å². The summed E-state index contributed by atoms with van der Waals surface area (Å²) in [4.78, 5) is 0. The van der Waals surface area contributed by atoms with Gasteiger partial charge in [0.05, 0.1) is 17.8 Å². The van der Waals surface area contributed by atoms with Crippen molar-refractivity contribution in [2.45, 2.75) is 25.5 Å². The highest BCUT2D eigenvalue weighted by Crippen LogP contribution is 2.44. The minimum Gasteiger partial charge on any atom is -0.506 e. The summed E-state index contributed by atoms with van der Waals surface area (Å²) in [5.41, 5.74) is 3.01. The molecule has 0 bridgehead atoms. The third kappa shape index (κ3) is 2.92. The van der Waals surface area contributed by atoms with E-state index in [0.717, 1.165) is 22.1 Å². The minimum atomic E-state index is 0.00648. The molecule has 0 amide bonds. The third-order valence-electron chi connectivity index (χ3n) is 3.83. The predicted molar refractivity (Wildman–Crippen MR) is 87.6 cm³/mol. The zero-order valence-electron chi connectivity index (χ0n) is 11.8. The Kier molecular flexibility index (Phi) is 4.17. The van der Waals surface area contributed by atoms with Crippen LogP contribution >= 0.6 is 15.9 Å². The number of halogens is 1. The Hall–Kier alpha value is -1.52. The average Bonchev–Trinajstić information content (AvgIpc) is 2.49. The van der Waals surface area contributed by atoms with Gasteiger partial charge >= 0.3 is 0 Å². The highest BCUT2D eigenvalue weighted by Gasteiger charge is 2.29. The molecule has 2 aromatic carbocycles. The molecule has 2 aromatic rings. The van der Waals surface area contributed by atoms with Gasteiger partial charge in [0.2, 0.25) is 0 Å². The molecule has 4 heteroatoms. The first-order valence-corrected chi connectivity index (χ1v) is 7.93. The van der Waals surface area contributed by atoms with Crippen molar-refractivity contribution < 1.29 is 9.84 Å². The molecule has 0 fully saturated rings. The lowest BCUT2D eigenvalue weighted by molar-refractivity contribution is 0.0497. The quantitative estimate of drug-likeness (QED) is 0.784. The fraction of sp³-hybridized carbons (Fsp3) is 0.294. The number of phenols is 1. The monoisotopic (exact) mass is 347 g/mol. The van der Waals surface area contributed by atoms with Crippen molar-refractivity contribution in [2.24, 2.45) is 0 Å². The van der Waals surface area contributed by atoms with Gasteiger partial charge in [0.1, 0.15) is 5.75 Å². The number of rotatable bonds is 3. The first-order chi connectivity index (χ1) is 10.2. The molecule has 2 N–H and O–H groups in total. The number of hydrogen-bond acceptors (Lipinski definition) is 3. The second-order valence-electron chi connectivity index (χ2n) is 5.17. The topological polar surface area (TPSA) is 41.5 Å². The van der Waals surface area contributed by atoms with Gasteiger partial charge in [-0.05, 0) is 30.7 Å². The van der Waals surface area contributed by atoms with Crippen molar-refractivity contribution >= 4 is 21.6 Å². The Morgan fingerprint density at radius 3 is 2.71 bits per heavy atom. The van der Waals surface area contributed by atoms with Crippen LogP contribution in [-0.2, 0) is 4.74 Å². The molecule has 21 heavy (non-hydrogen) atoms. The van der Waals surface area contributed by atoms with Crippen molar-refractivity contribution in [1.82, 2.24) is 0 Å². The van der Waals surface area contributed by atoms with E-state index in [1.165, 1.54) is 5.56 Å². The van der Waals surface area contributed by atoms with Gasteiger partial charge in [0, 0.05) is 23.1 Å². The lowest BCUT2D eigenvalue weighted by Crippen LogP contribution is -2.23. The van der Waals surface area contributed by atoms with E-state index in [1.54, 1.807) is 6.07 Å². The van der Waals surface area contributed by atoms with E-state index >= 15 is 0 Å². The van der Waals surface area contributed by atoms with Crippen LogP contribution in [0.1, 0.15) is 36.6 Å². The molecule has 1 aliphatic heterocycles. The van der Waals surface area contributed by atoms with Gasteiger partial charge in [0.25, 0.3) is 0 Å². The van der Waals surface area contributed by atoms with Gasteiger partial charge < -0.3 is 15.2 Å². The van der Waals surface area contributed by atoms with E-state index < -0.39 is 0 Å². The first kappa shape index (κ1) is 14.4. The van der Waals surface area contributed by atoms with E-state index in [9.17, 15) is 5.11 Å². The maximum atomic E-state index is 10.1.